The Hall–Kier alpha value is -4.32. The number of benzene rings is 2. The standard InChI is InChI=1S/C27H29N5O4/c1-5-6-13-28-31(3)23-14-19(8-7-18(23)2)11-12-27(25(34)29-26(35)30-27)17-32-16-20-9-10-21(36-4)15-22(20)24(32)33/h7-10,13-15H,5-6,16-17H2,1-4H3,(H2,29,30,34,35)/b28-13-/t27-/m1/s1. The number of imide groups is 1. The molecule has 0 spiro atoms. The van der Waals surface area contributed by atoms with Crippen LogP contribution in [0, 0.1) is 18.8 Å². The van der Waals surface area contributed by atoms with Crippen LogP contribution in [0.3, 0.4) is 0 Å². The third-order valence-electron chi connectivity index (χ3n) is 6.22. The Morgan fingerprint density at radius 1 is 1.22 bits per heavy atom. The number of methoxy groups -OCH3 is 1. The van der Waals surface area contributed by atoms with E-state index >= 15 is 0 Å². The number of hydrogen-bond donors (Lipinski definition) is 2. The van der Waals surface area contributed by atoms with E-state index in [1.165, 1.54) is 12.0 Å². The Kier molecular flexibility index (Phi) is 6.97. The fourth-order valence-corrected chi connectivity index (χ4v) is 4.20. The number of urea groups is 1. The molecule has 2 heterocycles. The van der Waals surface area contributed by atoms with Crippen LogP contribution in [-0.2, 0) is 11.3 Å². The number of unbranched alkanes of at least 4 members (excludes halogenated alkanes) is 1. The molecule has 2 aliphatic heterocycles. The summed E-state index contributed by atoms with van der Waals surface area (Å²) in [7, 11) is 3.40. The maximum atomic E-state index is 13.1. The highest BCUT2D eigenvalue weighted by molar-refractivity contribution is 6.10. The van der Waals surface area contributed by atoms with Crippen molar-refractivity contribution in [1.82, 2.24) is 15.5 Å². The van der Waals surface area contributed by atoms with Gasteiger partial charge in [0.1, 0.15) is 5.75 Å². The molecule has 2 aliphatic rings. The Morgan fingerprint density at radius 2 is 2.03 bits per heavy atom. The van der Waals surface area contributed by atoms with E-state index < -0.39 is 17.5 Å². The molecule has 36 heavy (non-hydrogen) atoms. The minimum absolute atomic E-state index is 0.0899. The van der Waals surface area contributed by atoms with Crippen LogP contribution in [0.4, 0.5) is 10.5 Å². The van der Waals surface area contributed by atoms with E-state index in [4.69, 9.17) is 4.74 Å². The lowest BCUT2D eigenvalue weighted by molar-refractivity contribution is -0.122. The van der Waals surface area contributed by atoms with Gasteiger partial charge in [0.05, 0.1) is 19.3 Å². The van der Waals surface area contributed by atoms with E-state index in [1.54, 1.807) is 17.1 Å². The molecule has 0 bridgehead atoms. The zero-order valence-electron chi connectivity index (χ0n) is 20.8. The van der Waals surface area contributed by atoms with Gasteiger partial charge in [0.15, 0.2) is 0 Å². The van der Waals surface area contributed by atoms with Crippen molar-refractivity contribution in [3.63, 3.8) is 0 Å². The summed E-state index contributed by atoms with van der Waals surface area (Å²) in [4.78, 5) is 39.6. The first-order valence-electron chi connectivity index (χ1n) is 11.8. The minimum atomic E-state index is -1.57. The number of amides is 4. The van der Waals surface area contributed by atoms with Gasteiger partial charge in [0.25, 0.3) is 11.8 Å². The summed E-state index contributed by atoms with van der Waals surface area (Å²) >= 11 is 0. The summed E-state index contributed by atoms with van der Waals surface area (Å²) in [6, 6.07) is 10.3. The van der Waals surface area contributed by atoms with E-state index in [0.717, 1.165) is 29.7 Å². The maximum Gasteiger partial charge on any atom is 0.323 e. The van der Waals surface area contributed by atoms with Gasteiger partial charge >= 0.3 is 6.03 Å². The summed E-state index contributed by atoms with van der Waals surface area (Å²) in [5.41, 5.74) is 2.31. The van der Waals surface area contributed by atoms with E-state index in [9.17, 15) is 14.4 Å². The van der Waals surface area contributed by atoms with Gasteiger partial charge in [-0.15, -0.1) is 0 Å². The lowest BCUT2D eigenvalue weighted by Gasteiger charge is -2.26. The number of fused-ring (bicyclic) bond motifs is 1. The molecular formula is C27H29N5O4. The lowest BCUT2D eigenvalue weighted by Crippen LogP contribution is -2.54. The first kappa shape index (κ1) is 24.8. The third kappa shape index (κ3) is 4.89. The predicted octanol–water partition coefficient (Wildman–Crippen LogP) is 2.81. The fraction of sp³-hybridized carbons (Fsp3) is 0.333. The van der Waals surface area contributed by atoms with Crippen molar-refractivity contribution in [2.75, 3.05) is 25.7 Å². The van der Waals surface area contributed by atoms with Crippen molar-refractivity contribution in [3.05, 3.63) is 58.7 Å². The van der Waals surface area contributed by atoms with Gasteiger partial charge in [-0.25, -0.2) is 4.79 Å². The highest BCUT2D eigenvalue weighted by Gasteiger charge is 2.48. The smallest absolute Gasteiger partial charge is 0.323 e. The van der Waals surface area contributed by atoms with Gasteiger partial charge in [-0.3, -0.25) is 19.9 Å². The summed E-state index contributed by atoms with van der Waals surface area (Å²) in [6.07, 6.45) is 3.76. The van der Waals surface area contributed by atoms with Crippen LogP contribution >= 0.6 is 0 Å². The largest absolute Gasteiger partial charge is 0.497 e. The number of ether oxygens (including phenoxy) is 1. The molecule has 0 radical (unpaired) electrons. The van der Waals surface area contributed by atoms with Gasteiger partial charge in [-0.1, -0.05) is 37.3 Å². The average molecular weight is 488 g/mol. The van der Waals surface area contributed by atoms with Crippen LogP contribution in [0.2, 0.25) is 0 Å². The molecule has 1 saturated heterocycles. The molecule has 186 valence electrons. The number of nitrogens with one attached hydrogen (secondary N) is 2. The Bertz CT molecular complexity index is 1310. The highest BCUT2D eigenvalue weighted by atomic mass is 16.5. The monoisotopic (exact) mass is 487 g/mol. The summed E-state index contributed by atoms with van der Waals surface area (Å²) in [6.45, 7) is 4.29. The zero-order chi connectivity index (χ0) is 25.9. The molecule has 9 heteroatoms. The van der Waals surface area contributed by atoms with Crippen molar-refractivity contribution < 1.29 is 19.1 Å². The normalized spacial score (nSPS) is 18.6. The fourth-order valence-electron chi connectivity index (χ4n) is 4.20. The molecule has 2 aromatic carbocycles. The molecular weight excluding hydrogens is 458 g/mol. The predicted molar refractivity (Wildman–Crippen MR) is 137 cm³/mol. The summed E-state index contributed by atoms with van der Waals surface area (Å²) in [5.74, 6) is 5.73. The van der Waals surface area contributed by atoms with Crippen molar-refractivity contribution in [2.24, 2.45) is 5.10 Å². The van der Waals surface area contributed by atoms with E-state index in [-0.39, 0.29) is 12.5 Å². The Balaban J connectivity index is 1.62. The van der Waals surface area contributed by atoms with Crippen LogP contribution in [0.25, 0.3) is 0 Å². The van der Waals surface area contributed by atoms with Crippen molar-refractivity contribution in [3.8, 4) is 17.6 Å². The SMILES string of the molecule is CCC/C=N\N(C)c1cc(C#C[C@]2(CN3Cc4ccc(OC)cc4C3=O)NC(=O)NC2=O)ccc1C. The van der Waals surface area contributed by atoms with Crippen LogP contribution < -0.4 is 20.4 Å². The molecule has 2 N–H and O–H groups in total. The number of hydrogen-bond acceptors (Lipinski definition) is 6. The van der Waals surface area contributed by atoms with E-state index in [2.05, 4.69) is 34.5 Å². The molecule has 0 unspecified atom stereocenters. The molecule has 1 atom stereocenters. The minimum Gasteiger partial charge on any atom is -0.497 e. The van der Waals surface area contributed by atoms with Crippen LogP contribution in [0.1, 0.15) is 46.8 Å². The average Bonchev–Trinajstić information content (AvgIpc) is 3.32. The lowest BCUT2D eigenvalue weighted by atomic mass is 9.98. The number of nitrogens with zero attached hydrogens (tertiary/aromatic N) is 3. The van der Waals surface area contributed by atoms with E-state index in [0.29, 0.717) is 23.4 Å². The van der Waals surface area contributed by atoms with Gasteiger partial charge in [0, 0.05) is 30.9 Å². The topological polar surface area (TPSA) is 103 Å². The van der Waals surface area contributed by atoms with E-state index in [1.807, 2.05) is 44.5 Å². The summed E-state index contributed by atoms with van der Waals surface area (Å²) in [5, 5.41) is 11.1. The molecule has 0 aliphatic carbocycles. The van der Waals surface area contributed by atoms with Gasteiger partial charge in [-0.05, 0) is 48.7 Å². The number of aryl methyl sites for hydroxylation is 1. The molecule has 4 rings (SSSR count). The second-order valence-electron chi connectivity index (χ2n) is 8.86. The van der Waals surface area contributed by atoms with Crippen LogP contribution in [-0.4, -0.2) is 55.2 Å². The molecule has 0 saturated carbocycles. The van der Waals surface area contributed by atoms with Crippen LogP contribution in [0.5, 0.6) is 5.75 Å². The molecule has 2 aromatic rings. The second-order valence-corrected chi connectivity index (χ2v) is 8.86. The van der Waals surface area contributed by atoms with Crippen LogP contribution in [0.15, 0.2) is 41.5 Å². The van der Waals surface area contributed by atoms with Gasteiger partial charge in [0.2, 0.25) is 5.54 Å². The number of rotatable bonds is 7. The quantitative estimate of drug-likeness (QED) is 0.271. The maximum absolute atomic E-state index is 13.1. The first-order chi connectivity index (χ1) is 17.3. The second kappa shape index (κ2) is 10.1. The number of anilines is 1. The first-order valence-corrected chi connectivity index (χ1v) is 11.8. The van der Waals surface area contributed by atoms with Crippen molar-refractivity contribution >= 4 is 29.7 Å². The number of carbonyl (C=O) groups is 3. The molecule has 9 nitrogen and oxygen atoms in total. The zero-order valence-corrected chi connectivity index (χ0v) is 20.8. The van der Waals surface area contributed by atoms with Crippen molar-refractivity contribution in [1.29, 1.82) is 0 Å². The Labute approximate surface area is 210 Å². The molecule has 0 aromatic heterocycles. The number of hydrazone groups is 1. The third-order valence-corrected chi connectivity index (χ3v) is 6.22. The molecule has 4 amide bonds. The molecule has 1 fully saturated rings. The summed E-state index contributed by atoms with van der Waals surface area (Å²) < 4.78 is 5.23. The highest BCUT2D eigenvalue weighted by Crippen LogP contribution is 2.28. The van der Waals surface area contributed by atoms with Gasteiger partial charge < -0.3 is 15.0 Å². The van der Waals surface area contributed by atoms with Crippen molar-refractivity contribution in [2.45, 2.75) is 38.8 Å². The van der Waals surface area contributed by atoms with Gasteiger partial charge in [-0.2, -0.15) is 5.10 Å². The Morgan fingerprint density at radius 3 is 2.72 bits per heavy atom. The number of carbonyl (C=O) groups excluding carboxylic acids is 3.